The molecular weight excluding hydrogens is 308 g/mol. The lowest BCUT2D eigenvalue weighted by Crippen LogP contribution is -2.47. The second kappa shape index (κ2) is 6.35. The summed E-state index contributed by atoms with van der Waals surface area (Å²) < 4.78 is 10.6. The zero-order chi connectivity index (χ0) is 16.5. The molecule has 24 heavy (non-hydrogen) atoms. The molecule has 0 radical (unpaired) electrons. The third kappa shape index (κ3) is 3.06. The maximum absolute atomic E-state index is 5.47. The van der Waals surface area contributed by atoms with Crippen molar-refractivity contribution in [2.75, 3.05) is 38.2 Å². The Hall–Kier alpha value is -2.22. The van der Waals surface area contributed by atoms with E-state index < -0.39 is 0 Å². The molecule has 4 rings (SSSR count). The van der Waals surface area contributed by atoms with Crippen molar-refractivity contribution in [1.29, 1.82) is 0 Å². The average Bonchev–Trinajstić information content (AvgIpc) is 3.38. The van der Waals surface area contributed by atoms with Crippen LogP contribution in [0.5, 0.6) is 5.88 Å². The van der Waals surface area contributed by atoms with Gasteiger partial charge in [-0.05, 0) is 19.8 Å². The summed E-state index contributed by atoms with van der Waals surface area (Å²) in [6.45, 7) is 5.66. The molecule has 1 saturated carbocycles. The van der Waals surface area contributed by atoms with Gasteiger partial charge in [0.15, 0.2) is 5.82 Å². The topological polar surface area (TPSA) is 80.4 Å². The Labute approximate surface area is 140 Å². The Balaban J connectivity index is 1.37. The molecule has 0 bridgehead atoms. The molecule has 1 aliphatic carbocycles. The van der Waals surface area contributed by atoms with E-state index >= 15 is 0 Å². The van der Waals surface area contributed by atoms with Crippen LogP contribution in [0, 0.1) is 0 Å². The summed E-state index contributed by atoms with van der Waals surface area (Å²) in [6.07, 6.45) is 4.10. The number of rotatable bonds is 5. The smallest absolute Gasteiger partial charge is 0.243 e. The van der Waals surface area contributed by atoms with Crippen LogP contribution in [-0.2, 0) is 0 Å². The number of anilines is 1. The Morgan fingerprint density at radius 1 is 1.21 bits per heavy atom. The fourth-order valence-corrected chi connectivity index (χ4v) is 2.99. The second-order valence-corrected chi connectivity index (χ2v) is 6.36. The minimum absolute atomic E-state index is 0.137. The van der Waals surface area contributed by atoms with Crippen LogP contribution in [0.15, 0.2) is 16.8 Å². The van der Waals surface area contributed by atoms with Crippen LogP contribution in [-0.4, -0.2) is 58.3 Å². The number of methoxy groups -OCH3 is 1. The van der Waals surface area contributed by atoms with Crippen molar-refractivity contribution in [2.24, 2.45) is 0 Å². The maximum atomic E-state index is 5.47. The number of hydrogen-bond donors (Lipinski definition) is 0. The predicted octanol–water partition coefficient (Wildman–Crippen LogP) is 1.63. The first-order chi connectivity index (χ1) is 11.7. The van der Waals surface area contributed by atoms with Gasteiger partial charge in [0.1, 0.15) is 0 Å². The third-order valence-corrected chi connectivity index (χ3v) is 4.73. The van der Waals surface area contributed by atoms with Crippen LogP contribution in [0.3, 0.4) is 0 Å². The Morgan fingerprint density at radius 3 is 2.71 bits per heavy atom. The first-order valence-corrected chi connectivity index (χ1v) is 8.44. The summed E-state index contributed by atoms with van der Waals surface area (Å²) in [5.74, 6) is 3.43. The molecule has 0 amide bonds. The maximum Gasteiger partial charge on any atom is 0.243 e. The first-order valence-electron chi connectivity index (χ1n) is 8.44. The van der Waals surface area contributed by atoms with Crippen molar-refractivity contribution < 1.29 is 9.26 Å². The van der Waals surface area contributed by atoms with Crippen molar-refractivity contribution in [3.05, 3.63) is 24.0 Å². The Kier molecular flexibility index (Phi) is 4.05. The van der Waals surface area contributed by atoms with Crippen molar-refractivity contribution in [3.63, 3.8) is 0 Å². The standard InChI is InChI=1S/C16H22N6O2/c1-11(15-19-14(20-24-15)12-3-4-12)21-7-9-22(10-8-21)16-17-6-5-13(18-16)23-2/h5-6,11-12H,3-4,7-10H2,1-2H3. The fraction of sp³-hybridized carbons (Fsp3) is 0.625. The molecule has 1 unspecified atom stereocenters. The highest BCUT2D eigenvalue weighted by Gasteiger charge is 2.31. The lowest BCUT2D eigenvalue weighted by Gasteiger charge is -2.36. The number of nitrogens with zero attached hydrogens (tertiary/aromatic N) is 6. The summed E-state index contributed by atoms with van der Waals surface area (Å²) in [5, 5.41) is 4.12. The van der Waals surface area contributed by atoms with E-state index in [2.05, 4.69) is 36.8 Å². The average molecular weight is 330 g/mol. The van der Waals surface area contributed by atoms with Gasteiger partial charge in [-0.25, -0.2) is 4.98 Å². The van der Waals surface area contributed by atoms with Gasteiger partial charge >= 0.3 is 0 Å². The van der Waals surface area contributed by atoms with Gasteiger partial charge in [-0.15, -0.1) is 0 Å². The minimum Gasteiger partial charge on any atom is -0.481 e. The first kappa shape index (κ1) is 15.3. The zero-order valence-corrected chi connectivity index (χ0v) is 14.1. The molecule has 1 atom stereocenters. The normalized spacial score (nSPS) is 20.2. The van der Waals surface area contributed by atoms with Crippen molar-refractivity contribution in [2.45, 2.75) is 31.7 Å². The minimum atomic E-state index is 0.137. The monoisotopic (exact) mass is 330 g/mol. The summed E-state index contributed by atoms with van der Waals surface area (Å²) >= 11 is 0. The van der Waals surface area contributed by atoms with E-state index in [9.17, 15) is 0 Å². The molecule has 8 heteroatoms. The third-order valence-electron chi connectivity index (χ3n) is 4.73. The number of aromatic nitrogens is 4. The molecular formula is C16H22N6O2. The zero-order valence-electron chi connectivity index (χ0n) is 14.1. The molecule has 2 fully saturated rings. The van der Waals surface area contributed by atoms with E-state index in [-0.39, 0.29) is 6.04 Å². The van der Waals surface area contributed by atoms with Crippen LogP contribution in [0.1, 0.15) is 43.4 Å². The molecule has 1 aliphatic heterocycles. The van der Waals surface area contributed by atoms with Crippen molar-refractivity contribution in [3.8, 4) is 5.88 Å². The van der Waals surface area contributed by atoms with Gasteiger partial charge in [0.25, 0.3) is 0 Å². The molecule has 2 aliphatic rings. The SMILES string of the molecule is COc1ccnc(N2CCN(C(C)c3nc(C4CC4)no3)CC2)n1. The molecule has 0 aromatic carbocycles. The predicted molar refractivity (Wildman–Crippen MR) is 87.1 cm³/mol. The van der Waals surface area contributed by atoms with Crippen LogP contribution < -0.4 is 9.64 Å². The van der Waals surface area contributed by atoms with E-state index in [1.165, 1.54) is 12.8 Å². The van der Waals surface area contributed by atoms with Crippen LogP contribution in [0.2, 0.25) is 0 Å². The van der Waals surface area contributed by atoms with Crippen LogP contribution in [0.25, 0.3) is 0 Å². The van der Waals surface area contributed by atoms with Crippen molar-refractivity contribution in [1.82, 2.24) is 25.0 Å². The van der Waals surface area contributed by atoms with Gasteiger partial charge < -0.3 is 14.2 Å². The van der Waals surface area contributed by atoms with Crippen molar-refractivity contribution >= 4 is 5.95 Å². The molecule has 1 saturated heterocycles. The van der Waals surface area contributed by atoms with Gasteiger partial charge in [0, 0.05) is 44.4 Å². The highest BCUT2D eigenvalue weighted by molar-refractivity contribution is 5.32. The van der Waals surface area contributed by atoms with Gasteiger partial charge in [-0.2, -0.15) is 9.97 Å². The van der Waals surface area contributed by atoms with E-state index in [0.29, 0.717) is 11.8 Å². The number of hydrogen-bond acceptors (Lipinski definition) is 8. The second-order valence-electron chi connectivity index (χ2n) is 6.36. The quantitative estimate of drug-likeness (QED) is 0.818. The van der Waals surface area contributed by atoms with Gasteiger partial charge in [-0.1, -0.05) is 5.16 Å². The van der Waals surface area contributed by atoms with E-state index in [1.54, 1.807) is 19.4 Å². The molecule has 0 spiro atoms. The van der Waals surface area contributed by atoms with E-state index in [4.69, 9.17) is 9.26 Å². The molecule has 2 aromatic rings. The highest BCUT2D eigenvalue weighted by atomic mass is 16.5. The summed E-state index contributed by atoms with van der Waals surface area (Å²) in [5.41, 5.74) is 0. The molecule has 8 nitrogen and oxygen atoms in total. The fourth-order valence-electron chi connectivity index (χ4n) is 2.99. The summed E-state index contributed by atoms with van der Waals surface area (Å²) in [6, 6.07) is 1.90. The van der Waals surface area contributed by atoms with E-state index in [0.717, 1.165) is 43.8 Å². The number of ether oxygens (including phenoxy) is 1. The molecule has 3 heterocycles. The molecule has 128 valence electrons. The summed E-state index contributed by atoms with van der Waals surface area (Å²) in [4.78, 5) is 17.9. The lowest BCUT2D eigenvalue weighted by molar-refractivity contribution is 0.163. The Morgan fingerprint density at radius 2 is 2.00 bits per heavy atom. The molecule has 2 aromatic heterocycles. The highest BCUT2D eigenvalue weighted by Crippen LogP contribution is 2.38. The van der Waals surface area contributed by atoms with Gasteiger partial charge in [0.05, 0.1) is 13.2 Å². The summed E-state index contributed by atoms with van der Waals surface area (Å²) in [7, 11) is 1.62. The lowest BCUT2D eigenvalue weighted by atomic mass is 10.2. The van der Waals surface area contributed by atoms with Gasteiger partial charge in [0.2, 0.25) is 17.7 Å². The van der Waals surface area contributed by atoms with Gasteiger partial charge in [-0.3, -0.25) is 4.90 Å². The number of piperazine rings is 1. The van der Waals surface area contributed by atoms with Crippen LogP contribution in [0.4, 0.5) is 5.95 Å². The largest absolute Gasteiger partial charge is 0.481 e. The Bertz CT molecular complexity index is 693. The molecule has 0 N–H and O–H groups in total. The van der Waals surface area contributed by atoms with E-state index in [1.807, 2.05) is 0 Å². The van der Waals surface area contributed by atoms with Crippen LogP contribution >= 0.6 is 0 Å².